The molecule has 3 nitrogen and oxygen atoms in total. The van der Waals surface area contributed by atoms with Crippen LogP contribution in [0.3, 0.4) is 0 Å². The van der Waals surface area contributed by atoms with E-state index in [1.165, 1.54) is 6.08 Å². The topological polar surface area (TPSA) is 60.7 Å². The highest BCUT2D eigenvalue weighted by atomic mass is 16.3. The molecule has 3 N–H and O–H groups in total. The minimum Gasteiger partial charge on any atom is -0.393 e. The van der Waals surface area contributed by atoms with Gasteiger partial charge in [-0.25, -0.2) is 0 Å². The van der Waals surface area contributed by atoms with Gasteiger partial charge in [0, 0.05) is 0 Å². The Bertz CT molecular complexity index is 305. The van der Waals surface area contributed by atoms with Crippen LogP contribution in [0.15, 0.2) is 12.7 Å². The summed E-state index contributed by atoms with van der Waals surface area (Å²) in [7, 11) is 0. The second-order valence-corrected chi connectivity index (χ2v) is 6.89. The zero-order valence-corrected chi connectivity index (χ0v) is 12.1. The second kappa shape index (κ2) is 4.95. The van der Waals surface area contributed by atoms with Crippen LogP contribution in [0, 0.1) is 11.3 Å². The predicted octanol–water partition coefficient (Wildman–Crippen LogP) is 2.25. The molecule has 1 aliphatic carbocycles. The molecule has 18 heavy (non-hydrogen) atoms. The normalized spacial score (nSPS) is 39.1. The molecule has 0 aromatic carbocycles. The van der Waals surface area contributed by atoms with Gasteiger partial charge < -0.3 is 15.3 Å². The SMILES string of the molecule is C=CC(C)(O)CCC1C(C)(O)CCC(O)C1(C)C. The van der Waals surface area contributed by atoms with E-state index in [9.17, 15) is 15.3 Å². The third-order valence-corrected chi connectivity index (χ3v) is 4.81. The Balaban J connectivity index is 2.84. The summed E-state index contributed by atoms with van der Waals surface area (Å²) in [6.07, 6.45) is 3.61. The van der Waals surface area contributed by atoms with Crippen LogP contribution >= 0.6 is 0 Å². The monoisotopic (exact) mass is 256 g/mol. The van der Waals surface area contributed by atoms with Crippen molar-refractivity contribution < 1.29 is 15.3 Å². The molecule has 0 aliphatic heterocycles. The van der Waals surface area contributed by atoms with Crippen LogP contribution in [0.4, 0.5) is 0 Å². The van der Waals surface area contributed by atoms with Gasteiger partial charge in [-0.2, -0.15) is 0 Å². The number of hydrogen-bond acceptors (Lipinski definition) is 3. The Morgan fingerprint density at radius 3 is 2.44 bits per heavy atom. The number of aliphatic hydroxyl groups excluding tert-OH is 1. The first kappa shape index (κ1) is 15.7. The summed E-state index contributed by atoms with van der Waals surface area (Å²) in [6, 6.07) is 0. The number of aliphatic hydroxyl groups is 3. The van der Waals surface area contributed by atoms with Crippen LogP contribution in [-0.2, 0) is 0 Å². The third-order valence-electron chi connectivity index (χ3n) is 4.81. The first-order chi connectivity index (χ1) is 8.03. The van der Waals surface area contributed by atoms with E-state index in [4.69, 9.17) is 0 Å². The lowest BCUT2D eigenvalue weighted by atomic mass is 9.58. The van der Waals surface area contributed by atoms with Crippen molar-refractivity contribution in [2.45, 2.75) is 70.7 Å². The van der Waals surface area contributed by atoms with Gasteiger partial charge in [0.2, 0.25) is 0 Å². The van der Waals surface area contributed by atoms with Crippen molar-refractivity contribution in [1.29, 1.82) is 0 Å². The smallest absolute Gasteiger partial charge is 0.0797 e. The summed E-state index contributed by atoms with van der Waals surface area (Å²) < 4.78 is 0. The molecule has 4 atom stereocenters. The van der Waals surface area contributed by atoms with E-state index in [-0.39, 0.29) is 11.3 Å². The average molecular weight is 256 g/mol. The van der Waals surface area contributed by atoms with Crippen molar-refractivity contribution in [3.63, 3.8) is 0 Å². The quantitative estimate of drug-likeness (QED) is 0.676. The minimum absolute atomic E-state index is 0.0276. The fourth-order valence-corrected chi connectivity index (χ4v) is 3.23. The van der Waals surface area contributed by atoms with Gasteiger partial charge in [-0.3, -0.25) is 0 Å². The van der Waals surface area contributed by atoms with Crippen molar-refractivity contribution >= 4 is 0 Å². The molecule has 1 fully saturated rings. The lowest BCUT2D eigenvalue weighted by molar-refractivity contribution is -0.148. The zero-order valence-electron chi connectivity index (χ0n) is 12.1. The first-order valence-electron chi connectivity index (χ1n) is 6.79. The molecule has 0 saturated heterocycles. The Kier molecular flexibility index (Phi) is 4.31. The molecule has 0 amide bonds. The van der Waals surface area contributed by atoms with Gasteiger partial charge in [-0.1, -0.05) is 19.9 Å². The molecule has 0 radical (unpaired) electrons. The van der Waals surface area contributed by atoms with E-state index in [2.05, 4.69) is 6.58 Å². The third kappa shape index (κ3) is 3.14. The summed E-state index contributed by atoms with van der Waals surface area (Å²) in [5, 5.41) is 30.7. The van der Waals surface area contributed by atoms with Crippen molar-refractivity contribution in [2.24, 2.45) is 11.3 Å². The maximum Gasteiger partial charge on any atom is 0.0797 e. The highest BCUT2D eigenvalue weighted by Crippen LogP contribution is 2.48. The van der Waals surface area contributed by atoms with Crippen LogP contribution in [0.25, 0.3) is 0 Å². The summed E-state index contributed by atoms with van der Waals surface area (Å²) in [4.78, 5) is 0. The van der Waals surface area contributed by atoms with Gasteiger partial charge in [0.05, 0.1) is 17.3 Å². The maximum absolute atomic E-state index is 10.5. The van der Waals surface area contributed by atoms with Crippen molar-refractivity contribution in [3.8, 4) is 0 Å². The largest absolute Gasteiger partial charge is 0.393 e. The molecule has 1 aliphatic rings. The van der Waals surface area contributed by atoms with Gasteiger partial charge in [-0.05, 0) is 50.9 Å². The number of rotatable bonds is 4. The van der Waals surface area contributed by atoms with E-state index in [1.807, 2.05) is 20.8 Å². The Morgan fingerprint density at radius 2 is 1.94 bits per heavy atom. The summed E-state index contributed by atoms with van der Waals surface area (Å²) in [5.74, 6) is -0.0276. The van der Waals surface area contributed by atoms with E-state index in [1.54, 1.807) is 6.92 Å². The van der Waals surface area contributed by atoms with E-state index in [0.29, 0.717) is 25.7 Å². The first-order valence-corrected chi connectivity index (χ1v) is 6.79. The molecule has 0 aromatic heterocycles. The zero-order chi connectivity index (χ0) is 14.2. The molecular weight excluding hydrogens is 228 g/mol. The van der Waals surface area contributed by atoms with E-state index >= 15 is 0 Å². The molecular formula is C15H28O3. The van der Waals surface area contributed by atoms with Gasteiger partial charge >= 0.3 is 0 Å². The lowest BCUT2D eigenvalue weighted by Gasteiger charge is -2.51. The van der Waals surface area contributed by atoms with Crippen molar-refractivity contribution in [3.05, 3.63) is 12.7 Å². The van der Waals surface area contributed by atoms with Crippen LogP contribution in [-0.4, -0.2) is 32.6 Å². The molecule has 3 heteroatoms. The maximum atomic E-state index is 10.5. The highest BCUT2D eigenvalue weighted by molar-refractivity contribution is 5.02. The Morgan fingerprint density at radius 1 is 1.39 bits per heavy atom. The average Bonchev–Trinajstić information content (AvgIpc) is 2.23. The molecule has 0 spiro atoms. The van der Waals surface area contributed by atoms with Gasteiger partial charge in [-0.15, -0.1) is 6.58 Å². The molecule has 0 heterocycles. The van der Waals surface area contributed by atoms with Crippen molar-refractivity contribution in [1.82, 2.24) is 0 Å². The molecule has 1 rings (SSSR count). The van der Waals surface area contributed by atoms with E-state index < -0.39 is 17.3 Å². The van der Waals surface area contributed by atoms with Gasteiger partial charge in [0.15, 0.2) is 0 Å². The van der Waals surface area contributed by atoms with Gasteiger partial charge in [0.1, 0.15) is 0 Å². The van der Waals surface area contributed by atoms with Crippen LogP contribution in [0.5, 0.6) is 0 Å². The highest BCUT2D eigenvalue weighted by Gasteiger charge is 2.50. The lowest BCUT2D eigenvalue weighted by Crippen LogP contribution is -2.53. The summed E-state index contributed by atoms with van der Waals surface area (Å²) >= 11 is 0. The standard InChI is InChI=1S/C15H28O3/c1-6-14(4,17)9-7-11-13(2,3)12(16)8-10-15(11,5)18/h6,11-12,16-18H,1,7-10H2,2-5H3. The van der Waals surface area contributed by atoms with Crippen LogP contribution in [0.2, 0.25) is 0 Å². The summed E-state index contributed by atoms with van der Waals surface area (Å²) in [6.45, 7) is 11.2. The predicted molar refractivity (Wildman–Crippen MR) is 73.2 cm³/mol. The molecule has 1 saturated carbocycles. The molecule has 4 unspecified atom stereocenters. The summed E-state index contributed by atoms with van der Waals surface area (Å²) in [5.41, 5.74) is -2.02. The van der Waals surface area contributed by atoms with E-state index in [0.717, 1.165) is 0 Å². The van der Waals surface area contributed by atoms with Crippen LogP contribution in [0.1, 0.15) is 53.4 Å². The van der Waals surface area contributed by atoms with Crippen LogP contribution < -0.4 is 0 Å². The fourth-order valence-electron chi connectivity index (χ4n) is 3.23. The molecule has 0 aromatic rings. The van der Waals surface area contributed by atoms with Crippen molar-refractivity contribution in [2.75, 3.05) is 0 Å². The Labute approximate surface area is 111 Å². The molecule has 106 valence electrons. The Hall–Kier alpha value is -0.380. The molecule has 0 bridgehead atoms. The minimum atomic E-state index is -0.908. The second-order valence-electron chi connectivity index (χ2n) is 6.89. The van der Waals surface area contributed by atoms with Gasteiger partial charge in [0.25, 0.3) is 0 Å². The number of hydrogen-bond donors (Lipinski definition) is 3. The fraction of sp³-hybridized carbons (Fsp3) is 0.867.